The normalized spacial score (nSPS) is 14.9. The molecule has 5 atom stereocenters. The standard InChI is InChI=1S/C35H66N20O4/c1-21(2)13-25(18-47-35(43)54-27(15-29(37)57)20-49-55-44)52-34(42)48-19-26(14-22-6-9-28(56)10-7-22)53-33(41)45-16-23(5-3-4-12-36)51-32(40)46-17-24(50-31(38)39)8-11-30(58)59/h6-7,9-10,21,23-27,56H,3-5,8,11-20,36H2,1-2H3,(H2,37,57)(H,58,59)(H4,38,39,50)(H3,40,46,51)(H3,41,45,53)(H3,42,48,52)(H3,43,47,54)/t23-,24-,25-,26-,27-/m0/s1. The van der Waals surface area contributed by atoms with E-state index in [0.29, 0.717) is 25.8 Å². The van der Waals surface area contributed by atoms with Gasteiger partial charge in [-0.1, -0.05) is 37.5 Å². The zero-order valence-corrected chi connectivity index (χ0v) is 34.1. The van der Waals surface area contributed by atoms with Crippen LogP contribution in [-0.2, 0) is 16.0 Å². The molecule has 0 fully saturated rings. The minimum absolute atomic E-state index is 0.0413. The van der Waals surface area contributed by atoms with E-state index in [1.54, 1.807) is 24.3 Å². The van der Waals surface area contributed by atoms with Crippen LogP contribution in [0.2, 0.25) is 0 Å². The summed E-state index contributed by atoms with van der Waals surface area (Å²) in [7, 11) is 0. The Balaban J connectivity index is 3.17. The number of nitrogens with zero attached hydrogens (tertiary/aromatic N) is 8. The Hall–Kier alpha value is -6.42. The van der Waals surface area contributed by atoms with Crippen LogP contribution < -0.4 is 67.1 Å². The van der Waals surface area contributed by atoms with Gasteiger partial charge in [-0.15, -0.1) is 0 Å². The highest BCUT2D eigenvalue weighted by atomic mass is 16.4. The molecule has 0 aliphatic rings. The number of carboxylic acid groups (broad SMARTS) is 1. The molecule has 0 unspecified atom stereocenters. The molecule has 0 heterocycles. The van der Waals surface area contributed by atoms with Crippen molar-refractivity contribution < 1.29 is 19.8 Å². The van der Waals surface area contributed by atoms with Gasteiger partial charge in [-0.2, -0.15) is 0 Å². The zero-order chi connectivity index (χ0) is 44.2. The number of aliphatic imine (C=N–C) groups is 5. The summed E-state index contributed by atoms with van der Waals surface area (Å²) >= 11 is 0. The lowest BCUT2D eigenvalue weighted by Gasteiger charge is -2.22. The molecule has 0 aromatic heterocycles. The smallest absolute Gasteiger partial charge is 0.303 e. The summed E-state index contributed by atoms with van der Waals surface area (Å²) in [5, 5.41) is 34.9. The summed E-state index contributed by atoms with van der Waals surface area (Å²) in [6.07, 6.45) is 3.27. The molecule has 1 rings (SSSR count). The van der Waals surface area contributed by atoms with Crippen molar-refractivity contribution in [3.05, 3.63) is 40.3 Å². The second-order valence-electron chi connectivity index (χ2n) is 14.3. The molecule has 22 N–H and O–H groups in total. The van der Waals surface area contributed by atoms with Crippen LogP contribution in [0.1, 0.15) is 64.4 Å². The van der Waals surface area contributed by atoms with Gasteiger partial charge < -0.3 is 77.3 Å². The van der Waals surface area contributed by atoms with Gasteiger partial charge in [-0.05, 0) is 67.8 Å². The maximum atomic E-state index is 11.4. The minimum atomic E-state index is -0.982. The fraction of sp³-hybridized carbons (Fsp3) is 0.629. The SMILES string of the molecule is CC(C)C[C@@H](CN=C(N)N[C@H](CN=[N+]=[N-])CC(N)=O)NC(N)=NC[C@H](Cc1ccc(O)cc1)NC(N)=NC[C@H](CCCCN)NC(N)=NC[C@H](CCC(=O)O)N=C(N)N. The van der Waals surface area contributed by atoms with E-state index >= 15 is 0 Å². The third-order valence-electron chi connectivity index (χ3n) is 8.34. The molecule has 0 bridgehead atoms. The van der Waals surface area contributed by atoms with Gasteiger partial charge in [0.25, 0.3) is 0 Å². The lowest BCUT2D eigenvalue weighted by atomic mass is 10.0. The first-order valence-corrected chi connectivity index (χ1v) is 19.3. The van der Waals surface area contributed by atoms with Crippen molar-refractivity contribution in [2.75, 3.05) is 39.3 Å². The molecular weight excluding hydrogens is 765 g/mol. The van der Waals surface area contributed by atoms with E-state index in [4.69, 9.17) is 56.5 Å². The van der Waals surface area contributed by atoms with Crippen molar-refractivity contribution in [1.82, 2.24) is 21.3 Å². The molecule has 0 saturated heterocycles. The summed E-state index contributed by atoms with van der Waals surface area (Å²) in [4.78, 5) is 47.2. The van der Waals surface area contributed by atoms with E-state index < -0.39 is 24.0 Å². The number of guanidine groups is 5. The number of azide groups is 1. The zero-order valence-electron chi connectivity index (χ0n) is 34.1. The van der Waals surface area contributed by atoms with Crippen molar-refractivity contribution in [2.24, 2.45) is 81.9 Å². The number of aliphatic carboxylic acids is 1. The number of phenols is 1. The van der Waals surface area contributed by atoms with Crippen LogP contribution in [0.5, 0.6) is 5.75 Å². The van der Waals surface area contributed by atoms with Crippen molar-refractivity contribution in [2.45, 2.75) is 95.4 Å². The number of nitrogens with one attached hydrogen (secondary N) is 4. The fourth-order valence-electron chi connectivity index (χ4n) is 5.66. The number of carbonyl (C=O) groups is 2. The first-order valence-electron chi connectivity index (χ1n) is 19.3. The van der Waals surface area contributed by atoms with E-state index in [0.717, 1.165) is 18.4 Å². The topological polar surface area (TPSA) is 441 Å². The number of hydrogen-bond acceptors (Lipinski definition) is 10. The molecule has 0 aliphatic carbocycles. The molecule has 330 valence electrons. The van der Waals surface area contributed by atoms with Gasteiger partial charge in [-0.3, -0.25) is 29.6 Å². The maximum Gasteiger partial charge on any atom is 0.303 e. The molecule has 59 heavy (non-hydrogen) atoms. The fourth-order valence-corrected chi connectivity index (χ4v) is 5.66. The van der Waals surface area contributed by atoms with E-state index in [2.05, 4.69) is 56.3 Å². The van der Waals surface area contributed by atoms with Crippen molar-refractivity contribution in [3.63, 3.8) is 0 Å². The predicted octanol–water partition coefficient (Wildman–Crippen LogP) is -2.11. The lowest BCUT2D eigenvalue weighted by molar-refractivity contribution is -0.137. The number of carboxylic acids is 1. The van der Waals surface area contributed by atoms with Gasteiger partial charge in [-0.25, -0.2) is 4.99 Å². The summed E-state index contributed by atoms with van der Waals surface area (Å²) in [6, 6.07) is 4.65. The number of phenolic OH excluding ortho intramolecular Hbond substituents is 1. The second-order valence-corrected chi connectivity index (χ2v) is 14.3. The number of nitrogens with two attached hydrogens (primary N) is 8. The Kier molecular flexibility index (Phi) is 24.8. The van der Waals surface area contributed by atoms with Crippen LogP contribution in [0, 0.1) is 5.92 Å². The number of hydrogen-bond donors (Lipinski definition) is 14. The minimum Gasteiger partial charge on any atom is -0.508 e. The number of benzene rings is 1. The summed E-state index contributed by atoms with van der Waals surface area (Å²) in [6.45, 7) is 5.25. The monoisotopic (exact) mass is 831 g/mol. The Bertz CT molecular complexity index is 1600. The van der Waals surface area contributed by atoms with Gasteiger partial charge in [0, 0.05) is 42.4 Å². The van der Waals surface area contributed by atoms with E-state index in [9.17, 15) is 14.7 Å². The molecule has 24 heteroatoms. The number of aromatic hydroxyl groups is 1. The van der Waals surface area contributed by atoms with Gasteiger partial charge >= 0.3 is 5.97 Å². The largest absolute Gasteiger partial charge is 0.508 e. The van der Waals surface area contributed by atoms with E-state index in [-0.39, 0.29) is 112 Å². The van der Waals surface area contributed by atoms with Crippen molar-refractivity contribution in [3.8, 4) is 5.75 Å². The third-order valence-corrected chi connectivity index (χ3v) is 8.34. The lowest BCUT2D eigenvalue weighted by Crippen LogP contribution is -2.47. The molecule has 1 aromatic carbocycles. The maximum absolute atomic E-state index is 11.4. The van der Waals surface area contributed by atoms with E-state index in [1.165, 1.54) is 0 Å². The van der Waals surface area contributed by atoms with Crippen LogP contribution in [0.3, 0.4) is 0 Å². The third kappa shape index (κ3) is 26.2. The number of rotatable bonds is 28. The van der Waals surface area contributed by atoms with Crippen LogP contribution in [0.25, 0.3) is 10.4 Å². The van der Waals surface area contributed by atoms with Gasteiger partial charge in [0.05, 0.1) is 38.3 Å². The number of amides is 1. The van der Waals surface area contributed by atoms with Gasteiger partial charge in [0.1, 0.15) is 5.75 Å². The average molecular weight is 831 g/mol. The molecule has 1 amide bonds. The van der Waals surface area contributed by atoms with Gasteiger partial charge in [0.15, 0.2) is 29.8 Å². The van der Waals surface area contributed by atoms with Crippen LogP contribution >= 0.6 is 0 Å². The Morgan fingerprint density at radius 3 is 1.78 bits per heavy atom. The molecule has 0 spiro atoms. The number of unbranched alkanes of at least 4 members (excludes halogenated alkanes) is 1. The van der Waals surface area contributed by atoms with E-state index in [1.807, 2.05) is 13.8 Å². The molecule has 1 aromatic rings. The quantitative estimate of drug-likeness (QED) is 0.0107. The average Bonchev–Trinajstić information content (AvgIpc) is 3.15. The molecule has 0 radical (unpaired) electrons. The van der Waals surface area contributed by atoms with Crippen molar-refractivity contribution >= 4 is 41.7 Å². The summed E-state index contributed by atoms with van der Waals surface area (Å²) in [5.41, 5.74) is 56.7. The molecular formula is C35H66N20O4. The van der Waals surface area contributed by atoms with Gasteiger partial charge in [0.2, 0.25) is 5.91 Å². The predicted molar refractivity (Wildman–Crippen MR) is 232 cm³/mol. The van der Waals surface area contributed by atoms with Crippen LogP contribution in [0.4, 0.5) is 0 Å². The Labute approximate surface area is 344 Å². The summed E-state index contributed by atoms with van der Waals surface area (Å²) < 4.78 is 0. The first kappa shape index (κ1) is 50.6. The molecule has 0 saturated carbocycles. The Morgan fingerprint density at radius 2 is 1.25 bits per heavy atom. The molecule has 24 nitrogen and oxygen atoms in total. The Morgan fingerprint density at radius 1 is 0.729 bits per heavy atom. The highest BCUT2D eigenvalue weighted by Crippen LogP contribution is 2.12. The molecule has 0 aliphatic heterocycles. The highest BCUT2D eigenvalue weighted by molar-refractivity contribution is 5.81. The number of primary amides is 1. The highest BCUT2D eigenvalue weighted by Gasteiger charge is 2.17. The van der Waals surface area contributed by atoms with Crippen LogP contribution in [0.15, 0.2) is 54.3 Å². The number of carbonyl (C=O) groups excluding carboxylic acids is 1. The summed E-state index contributed by atoms with van der Waals surface area (Å²) in [5.74, 6) is -0.913. The van der Waals surface area contributed by atoms with Crippen molar-refractivity contribution in [1.29, 1.82) is 0 Å². The second kappa shape index (κ2) is 28.9. The van der Waals surface area contributed by atoms with Crippen LogP contribution in [-0.4, -0.2) is 121 Å². The first-order chi connectivity index (χ1) is 28.0.